The molecule has 3 aliphatic rings. The van der Waals surface area contributed by atoms with Gasteiger partial charge in [0, 0.05) is 43.1 Å². The van der Waals surface area contributed by atoms with Gasteiger partial charge in [0.25, 0.3) is 0 Å². The molecular weight excluding hydrogens is 635 g/mol. The number of carbonyl (C=O) groups is 2. The molecule has 1 atom stereocenters. The molecule has 5 rings (SSSR count). The molecule has 2 aromatic rings. The lowest BCUT2D eigenvalue weighted by Crippen LogP contribution is -2.73. The first-order chi connectivity index (χ1) is 20.5. The highest BCUT2D eigenvalue weighted by molar-refractivity contribution is 7.92. The van der Waals surface area contributed by atoms with Crippen LogP contribution in [0.1, 0.15) is 88.1 Å². The van der Waals surface area contributed by atoms with E-state index in [0.717, 1.165) is 80.6 Å². The van der Waals surface area contributed by atoms with Crippen LogP contribution in [0.3, 0.4) is 0 Å². The lowest BCUT2D eigenvalue weighted by atomic mass is 9.79. The second-order valence-corrected chi connectivity index (χ2v) is 14.6. The Bertz CT molecular complexity index is 1420. The molecule has 0 bridgehead atoms. The van der Waals surface area contributed by atoms with Crippen LogP contribution in [-0.4, -0.2) is 77.3 Å². The molecule has 45 heavy (non-hydrogen) atoms. The van der Waals surface area contributed by atoms with Gasteiger partial charge in [-0.05, 0) is 69.7 Å². The number of halogens is 2. The van der Waals surface area contributed by atoms with Gasteiger partial charge >= 0.3 is 0 Å². The molecule has 2 saturated heterocycles. The normalized spacial score (nSPS) is 20.8. The van der Waals surface area contributed by atoms with Crippen LogP contribution in [0.25, 0.3) is 5.69 Å². The molecule has 3 heterocycles. The van der Waals surface area contributed by atoms with Crippen LogP contribution in [0.15, 0.2) is 24.3 Å². The Balaban J connectivity index is 0.00000276. The first-order valence-corrected chi connectivity index (χ1v) is 17.9. The van der Waals surface area contributed by atoms with Gasteiger partial charge in [-0.25, -0.2) is 13.1 Å². The van der Waals surface area contributed by atoms with Gasteiger partial charge in [0.15, 0.2) is 0 Å². The summed E-state index contributed by atoms with van der Waals surface area (Å²) in [6, 6.07) is 6.79. The topological polar surface area (TPSA) is 117 Å². The number of likely N-dealkylation sites (tertiary alicyclic amines) is 1. The Morgan fingerprint density at radius 2 is 1.67 bits per heavy atom. The zero-order valence-electron chi connectivity index (χ0n) is 27.0. The van der Waals surface area contributed by atoms with E-state index >= 15 is 0 Å². The third-order valence-electron chi connectivity index (χ3n) is 9.76. The van der Waals surface area contributed by atoms with E-state index in [0.29, 0.717) is 31.0 Å². The molecule has 252 valence electrons. The van der Waals surface area contributed by atoms with Crippen molar-refractivity contribution in [1.29, 1.82) is 0 Å². The summed E-state index contributed by atoms with van der Waals surface area (Å²) >= 11 is 0. The van der Waals surface area contributed by atoms with E-state index in [1.54, 1.807) is 12.1 Å². The number of piperidine rings is 1. The van der Waals surface area contributed by atoms with Crippen molar-refractivity contribution < 1.29 is 18.0 Å². The summed E-state index contributed by atoms with van der Waals surface area (Å²) in [5.74, 6) is 0.692. The first-order valence-electron chi connectivity index (χ1n) is 16.0. The van der Waals surface area contributed by atoms with Crippen LogP contribution < -0.4 is 10.0 Å². The van der Waals surface area contributed by atoms with Gasteiger partial charge in [-0.15, -0.1) is 24.8 Å². The van der Waals surface area contributed by atoms with Crippen molar-refractivity contribution in [3.05, 3.63) is 41.2 Å². The van der Waals surface area contributed by atoms with Crippen molar-refractivity contribution in [1.82, 2.24) is 24.9 Å². The van der Waals surface area contributed by atoms with E-state index in [4.69, 9.17) is 5.10 Å². The minimum Gasteiger partial charge on any atom is -0.342 e. The van der Waals surface area contributed by atoms with Crippen molar-refractivity contribution in [2.24, 2.45) is 5.92 Å². The van der Waals surface area contributed by atoms with Crippen LogP contribution in [0.5, 0.6) is 0 Å². The van der Waals surface area contributed by atoms with Gasteiger partial charge in [-0.3, -0.25) is 19.2 Å². The van der Waals surface area contributed by atoms with Crippen molar-refractivity contribution in [3.63, 3.8) is 0 Å². The number of nitrogens with zero attached hydrogens (tertiary/aromatic N) is 4. The summed E-state index contributed by atoms with van der Waals surface area (Å²) in [5, 5.41) is 7.99. The molecule has 2 amide bonds. The molecule has 13 heteroatoms. The van der Waals surface area contributed by atoms with Gasteiger partial charge in [0.2, 0.25) is 21.8 Å². The maximum atomic E-state index is 13.9. The van der Waals surface area contributed by atoms with E-state index in [2.05, 4.69) is 28.8 Å². The Hall–Kier alpha value is -2.34. The number of amides is 2. The highest BCUT2D eigenvalue weighted by Gasteiger charge is 2.53. The maximum absolute atomic E-state index is 13.9. The van der Waals surface area contributed by atoms with Crippen molar-refractivity contribution >= 4 is 52.3 Å². The zero-order valence-corrected chi connectivity index (χ0v) is 29.5. The predicted octanol–water partition coefficient (Wildman–Crippen LogP) is 5.14. The smallest absolute Gasteiger partial charge is 0.246 e. The minimum absolute atomic E-state index is 0. The number of carbonyl (C=O) groups excluding carboxylic acids is 2. The van der Waals surface area contributed by atoms with Crippen LogP contribution >= 0.6 is 24.8 Å². The molecule has 1 saturated carbocycles. The predicted molar refractivity (Wildman–Crippen MR) is 183 cm³/mol. The maximum Gasteiger partial charge on any atom is 0.246 e. The number of piperazine rings is 1. The first kappa shape index (κ1) is 37.1. The summed E-state index contributed by atoms with van der Waals surface area (Å²) in [4.78, 5) is 32.0. The second-order valence-electron chi connectivity index (χ2n) is 12.9. The highest BCUT2D eigenvalue weighted by atomic mass is 35.5. The largest absolute Gasteiger partial charge is 0.342 e. The molecule has 1 aliphatic carbocycles. The SMILES string of the molecule is CCCCN1C(=O)[C@H](CC2CCCCC2)NC(=O)C12CCN(Cc1c(C)nn(-c3ccc(NS(C)(=O)=O)cc3)c1C)CC2.Cl.Cl. The lowest BCUT2D eigenvalue weighted by Gasteiger charge is -2.52. The van der Waals surface area contributed by atoms with Crippen LogP contribution in [0, 0.1) is 19.8 Å². The van der Waals surface area contributed by atoms with E-state index in [9.17, 15) is 18.0 Å². The summed E-state index contributed by atoms with van der Waals surface area (Å²) in [7, 11) is -3.34. The molecule has 0 unspecified atom stereocenters. The van der Waals surface area contributed by atoms with Gasteiger partial charge in [-0.1, -0.05) is 45.4 Å². The van der Waals surface area contributed by atoms with Crippen molar-refractivity contribution in [2.75, 3.05) is 30.6 Å². The van der Waals surface area contributed by atoms with Gasteiger partial charge in [0.1, 0.15) is 11.6 Å². The number of aryl methyl sites for hydroxylation is 1. The van der Waals surface area contributed by atoms with Crippen LogP contribution in [-0.2, 0) is 26.2 Å². The highest BCUT2D eigenvalue weighted by Crippen LogP contribution is 2.36. The number of benzene rings is 1. The summed E-state index contributed by atoms with van der Waals surface area (Å²) < 4.78 is 27.5. The molecule has 2 aliphatic heterocycles. The fourth-order valence-corrected chi connectivity index (χ4v) is 7.84. The van der Waals surface area contributed by atoms with E-state index in [1.165, 1.54) is 19.3 Å². The number of unbranched alkanes of at least 4 members (excludes halogenated alkanes) is 1. The average Bonchev–Trinajstić information content (AvgIpc) is 3.25. The molecule has 3 fully saturated rings. The number of sulfonamides is 1. The monoisotopic (exact) mass is 684 g/mol. The van der Waals surface area contributed by atoms with Crippen molar-refractivity contribution in [3.8, 4) is 5.69 Å². The standard InChI is InChI=1S/C32H48N6O4S.2ClH/c1-5-6-18-37-30(39)29(21-25-10-8-7-9-11-25)33-31(40)32(37)16-19-36(20-17-32)22-28-23(2)34-38(24(28)3)27-14-12-26(13-15-27)35-43(4,41)42;;/h12-15,25,29,35H,5-11,16-22H2,1-4H3,(H,33,40);2*1H/t29-;;/m0../s1. The quantitative estimate of drug-likeness (QED) is 0.358. The second kappa shape index (κ2) is 15.5. The molecule has 10 nitrogen and oxygen atoms in total. The number of nitrogens with one attached hydrogen (secondary N) is 2. The van der Waals surface area contributed by atoms with Crippen LogP contribution in [0.4, 0.5) is 5.69 Å². The third kappa shape index (κ3) is 8.34. The fraction of sp³-hybridized carbons (Fsp3) is 0.656. The third-order valence-corrected chi connectivity index (χ3v) is 10.4. The number of aromatic nitrogens is 2. The minimum atomic E-state index is -3.34. The van der Waals surface area contributed by atoms with Gasteiger partial charge in [-0.2, -0.15) is 5.10 Å². The Labute approximate surface area is 280 Å². The van der Waals surface area contributed by atoms with Crippen LogP contribution in [0.2, 0.25) is 0 Å². The van der Waals surface area contributed by atoms with E-state index in [1.807, 2.05) is 28.6 Å². The molecule has 1 aromatic heterocycles. The van der Waals surface area contributed by atoms with Gasteiger partial charge < -0.3 is 10.2 Å². The number of anilines is 1. The molecular formula is C32H50Cl2N6O4S. The summed E-state index contributed by atoms with van der Waals surface area (Å²) in [6.07, 6.45) is 11.1. The van der Waals surface area contributed by atoms with Gasteiger partial charge in [0.05, 0.1) is 17.6 Å². The molecule has 0 radical (unpaired) electrons. The summed E-state index contributed by atoms with van der Waals surface area (Å²) in [6.45, 7) is 9.02. The fourth-order valence-electron chi connectivity index (χ4n) is 7.27. The average molecular weight is 686 g/mol. The van der Waals surface area contributed by atoms with Crippen molar-refractivity contribution in [2.45, 2.75) is 103 Å². The summed E-state index contributed by atoms with van der Waals surface area (Å²) in [5.41, 5.74) is 3.72. The molecule has 1 aromatic carbocycles. The lowest BCUT2D eigenvalue weighted by molar-refractivity contribution is -0.162. The van der Waals surface area contributed by atoms with E-state index in [-0.39, 0.29) is 42.7 Å². The number of rotatable bonds is 10. The number of hydrogen-bond acceptors (Lipinski definition) is 6. The Morgan fingerprint density at radius 1 is 1.02 bits per heavy atom. The Morgan fingerprint density at radius 3 is 2.27 bits per heavy atom. The zero-order chi connectivity index (χ0) is 30.8. The number of hydrogen-bond donors (Lipinski definition) is 2. The Kier molecular flexibility index (Phi) is 12.8. The molecule has 2 N–H and O–H groups in total. The molecule has 1 spiro atoms. The van der Waals surface area contributed by atoms with E-state index < -0.39 is 15.6 Å².